The molecule has 9 heteroatoms. The molecule has 0 saturated carbocycles. The van der Waals surface area contributed by atoms with Crippen LogP contribution in [0.1, 0.15) is 5.56 Å². The largest absolute Gasteiger partial charge is 0.393 e. The molecule has 0 unspecified atom stereocenters. The lowest BCUT2D eigenvalue weighted by Crippen LogP contribution is -2.10. The van der Waals surface area contributed by atoms with Gasteiger partial charge >= 0.3 is 0 Å². The van der Waals surface area contributed by atoms with Gasteiger partial charge in [0.15, 0.2) is 11.6 Å². The summed E-state index contributed by atoms with van der Waals surface area (Å²) in [5, 5.41) is 11.5. The molecule has 1 aromatic carbocycles. The number of nitrogen functional groups attached to an aromatic ring is 1. The Balaban J connectivity index is 1.49. The van der Waals surface area contributed by atoms with Crippen LogP contribution in [0.15, 0.2) is 61.7 Å². The van der Waals surface area contributed by atoms with Crippen LogP contribution in [0.4, 0.5) is 11.5 Å². The predicted octanol–water partition coefficient (Wildman–Crippen LogP) is 1.44. The van der Waals surface area contributed by atoms with Crippen LogP contribution in [-0.2, 0) is 6.54 Å². The van der Waals surface area contributed by atoms with E-state index in [-0.39, 0.29) is 0 Å². The molecule has 0 aliphatic rings. The van der Waals surface area contributed by atoms with Gasteiger partial charge in [-0.1, -0.05) is 12.1 Å². The van der Waals surface area contributed by atoms with Crippen LogP contribution in [0.2, 0.25) is 0 Å². The summed E-state index contributed by atoms with van der Waals surface area (Å²) in [7, 11) is 0. The van der Waals surface area contributed by atoms with Crippen molar-refractivity contribution in [2.75, 3.05) is 11.1 Å². The van der Waals surface area contributed by atoms with E-state index < -0.39 is 0 Å². The number of hydrogen-bond acceptors (Lipinski definition) is 7. The molecule has 4 rings (SSSR count). The molecule has 0 saturated heterocycles. The average molecular weight is 333 g/mol. The van der Waals surface area contributed by atoms with Gasteiger partial charge in [0.05, 0.1) is 5.69 Å². The molecule has 0 fully saturated rings. The van der Waals surface area contributed by atoms with Gasteiger partial charge in [-0.2, -0.15) is 10.2 Å². The van der Waals surface area contributed by atoms with E-state index in [2.05, 4.69) is 30.5 Å². The maximum atomic E-state index is 6.16. The number of anilines is 2. The lowest BCUT2D eigenvalue weighted by molar-refractivity contribution is 0.842. The molecule has 124 valence electrons. The fraction of sp³-hybridized carbons (Fsp3) is 0.0625. The minimum Gasteiger partial charge on any atom is -0.393 e. The van der Waals surface area contributed by atoms with Crippen LogP contribution in [0.5, 0.6) is 0 Å². The highest BCUT2D eigenvalue weighted by molar-refractivity contribution is 5.68. The molecule has 25 heavy (non-hydrogen) atoms. The summed E-state index contributed by atoms with van der Waals surface area (Å²) in [4.78, 5) is 12.3. The van der Waals surface area contributed by atoms with E-state index in [1.54, 1.807) is 28.1 Å². The van der Waals surface area contributed by atoms with Crippen molar-refractivity contribution < 1.29 is 0 Å². The monoisotopic (exact) mass is 333 g/mol. The number of aromatic nitrogens is 7. The third-order valence-corrected chi connectivity index (χ3v) is 3.66. The van der Waals surface area contributed by atoms with E-state index in [0.29, 0.717) is 23.9 Å². The van der Waals surface area contributed by atoms with Gasteiger partial charge in [0.25, 0.3) is 0 Å². The fourth-order valence-corrected chi connectivity index (χ4v) is 2.40. The first kappa shape index (κ1) is 14.8. The Hall–Kier alpha value is -3.75. The van der Waals surface area contributed by atoms with Gasteiger partial charge in [-0.25, -0.2) is 24.3 Å². The lowest BCUT2D eigenvalue weighted by Gasteiger charge is -2.11. The summed E-state index contributed by atoms with van der Waals surface area (Å²) < 4.78 is 3.31. The number of nitrogens with two attached hydrogens (primary N) is 1. The first-order valence-electron chi connectivity index (χ1n) is 7.59. The van der Waals surface area contributed by atoms with Gasteiger partial charge in [0.1, 0.15) is 24.7 Å². The average Bonchev–Trinajstić information content (AvgIpc) is 3.35. The number of benzene rings is 1. The van der Waals surface area contributed by atoms with Crippen molar-refractivity contribution in [3.05, 3.63) is 67.3 Å². The Morgan fingerprint density at radius 2 is 1.88 bits per heavy atom. The van der Waals surface area contributed by atoms with Crippen molar-refractivity contribution in [1.82, 2.24) is 34.5 Å². The van der Waals surface area contributed by atoms with Crippen LogP contribution in [-0.4, -0.2) is 34.5 Å². The topological polar surface area (TPSA) is 112 Å². The van der Waals surface area contributed by atoms with Crippen molar-refractivity contribution in [3.63, 3.8) is 0 Å². The minimum absolute atomic E-state index is 0.449. The van der Waals surface area contributed by atoms with Crippen LogP contribution >= 0.6 is 0 Å². The Labute approximate surface area is 143 Å². The second kappa shape index (κ2) is 6.40. The normalized spacial score (nSPS) is 10.7. The molecular formula is C16H15N9. The van der Waals surface area contributed by atoms with Gasteiger partial charge in [-0.15, -0.1) is 0 Å². The second-order valence-electron chi connectivity index (χ2n) is 5.27. The van der Waals surface area contributed by atoms with Gasteiger partial charge in [0, 0.05) is 18.9 Å². The lowest BCUT2D eigenvalue weighted by atomic mass is 10.2. The predicted molar refractivity (Wildman–Crippen MR) is 92.3 cm³/mol. The zero-order valence-electron chi connectivity index (χ0n) is 13.2. The number of nitrogens with zero attached hydrogens (tertiary/aromatic N) is 7. The highest BCUT2D eigenvalue weighted by Gasteiger charge is 2.09. The van der Waals surface area contributed by atoms with Crippen molar-refractivity contribution in [3.8, 4) is 11.5 Å². The van der Waals surface area contributed by atoms with Crippen molar-refractivity contribution in [2.45, 2.75) is 6.54 Å². The molecule has 0 spiro atoms. The summed E-state index contributed by atoms with van der Waals surface area (Å²) >= 11 is 0. The van der Waals surface area contributed by atoms with Crippen molar-refractivity contribution in [2.24, 2.45) is 0 Å². The smallest absolute Gasteiger partial charge is 0.181 e. The highest BCUT2D eigenvalue weighted by Crippen LogP contribution is 2.21. The van der Waals surface area contributed by atoms with E-state index >= 15 is 0 Å². The molecule has 3 heterocycles. The molecule has 0 aliphatic heterocycles. The molecule has 0 atom stereocenters. The third-order valence-electron chi connectivity index (χ3n) is 3.66. The van der Waals surface area contributed by atoms with E-state index in [0.717, 1.165) is 11.3 Å². The van der Waals surface area contributed by atoms with Gasteiger partial charge < -0.3 is 11.1 Å². The van der Waals surface area contributed by atoms with E-state index in [1.807, 2.05) is 30.3 Å². The zero-order valence-corrected chi connectivity index (χ0v) is 13.2. The zero-order chi connectivity index (χ0) is 17.1. The standard InChI is InChI=1S/C16H15N9/c17-14-15(20-10-21-16(14)24-7-1-6-22-24)19-8-12-2-4-13(5-3-12)25-11-18-9-23-25/h1-7,9-11H,8,17H2,(H,19,20,21). The third kappa shape index (κ3) is 3.02. The molecule has 3 N–H and O–H groups in total. The van der Waals surface area contributed by atoms with E-state index in [9.17, 15) is 0 Å². The SMILES string of the molecule is Nc1c(NCc2ccc(-n3cncn3)cc2)ncnc1-n1cccn1. The molecular weight excluding hydrogens is 318 g/mol. The molecule has 0 bridgehead atoms. The van der Waals surface area contributed by atoms with Gasteiger partial charge in [-0.3, -0.25) is 0 Å². The van der Waals surface area contributed by atoms with E-state index in [4.69, 9.17) is 5.73 Å². The summed E-state index contributed by atoms with van der Waals surface area (Å²) in [5.74, 6) is 1.12. The molecule has 3 aromatic heterocycles. The van der Waals surface area contributed by atoms with Gasteiger partial charge in [0.2, 0.25) is 0 Å². The molecule has 9 nitrogen and oxygen atoms in total. The summed E-state index contributed by atoms with van der Waals surface area (Å²) in [5.41, 5.74) is 8.64. The van der Waals surface area contributed by atoms with Crippen LogP contribution in [0.25, 0.3) is 11.5 Å². The van der Waals surface area contributed by atoms with Crippen molar-refractivity contribution >= 4 is 11.5 Å². The maximum absolute atomic E-state index is 6.16. The quantitative estimate of drug-likeness (QED) is 0.568. The Bertz CT molecular complexity index is 944. The first-order valence-corrected chi connectivity index (χ1v) is 7.59. The molecule has 4 aromatic rings. The maximum Gasteiger partial charge on any atom is 0.181 e. The van der Waals surface area contributed by atoms with Crippen LogP contribution < -0.4 is 11.1 Å². The summed E-state index contributed by atoms with van der Waals surface area (Å²) in [6, 6.07) is 9.78. The Morgan fingerprint density at radius 1 is 1.00 bits per heavy atom. The minimum atomic E-state index is 0.449. The highest BCUT2D eigenvalue weighted by atomic mass is 15.3. The number of nitrogens with one attached hydrogen (secondary N) is 1. The summed E-state index contributed by atoms with van der Waals surface area (Å²) in [6.07, 6.45) is 8.08. The fourth-order valence-electron chi connectivity index (χ4n) is 2.40. The molecule has 0 radical (unpaired) electrons. The second-order valence-corrected chi connectivity index (χ2v) is 5.27. The summed E-state index contributed by atoms with van der Waals surface area (Å²) in [6.45, 7) is 0.581. The van der Waals surface area contributed by atoms with Crippen LogP contribution in [0, 0.1) is 0 Å². The number of rotatable bonds is 5. The Kier molecular flexibility index (Phi) is 3.79. The molecule has 0 aliphatic carbocycles. The van der Waals surface area contributed by atoms with E-state index in [1.165, 1.54) is 12.7 Å². The number of hydrogen-bond donors (Lipinski definition) is 2. The first-order chi connectivity index (χ1) is 12.3. The van der Waals surface area contributed by atoms with Gasteiger partial charge in [-0.05, 0) is 23.8 Å². The van der Waals surface area contributed by atoms with Crippen molar-refractivity contribution in [1.29, 1.82) is 0 Å². The molecule has 0 amide bonds. The Morgan fingerprint density at radius 3 is 2.60 bits per heavy atom. The van der Waals surface area contributed by atoms with Crippen LogP contribution in [0.3, 0.4) is 0 Å².